The number of hydrazone groups is 1. The minimum absolute atomic E-state index is 0.0598. The molecule has 27 heavy (non-hydrogen) atoms. The number of furan rings is 1. The fourth-order valence-corrected chi connectivity index (χ4v) is 3.49. The Bertz CT molecular complexity index is 1130. The highest BCUT2D eigenvalue weighted by Crippen LogP contribution is 2.28. The van der Waals surface area contributed by atoms with E-state index in [-0.39, 0.29) is 5.69 Å². The van der Waals surface area contributed by atoms with Crippen molar-refractivity contribution in [2.24, 2.45) is 5.10 Å². The first-order valence-electron chi connectivity index (χ1n) is 8.10. The van der Waals surface area contributed by atoms with Crippen molar-refractivity contribution >= 4 is 38.6 Å². The zero-order valence-corrected chi connectivity index (χ0v) is 15.1. The predicted octanol–water partition coefficient (Wildman–Crippen LogP) is 5.22. The van der Waals surface area contributed by atoms with E-state index in [0.717, 1.165) is 21.3 Å². The molecule has 134 valence electrons. The molecule has 0 fully saturated rings. The molecule has 0 radical (unpaired) electrons. The molecule has 8 heteroatoms. The Morgan fingerprint density at radius 2 is 2.07 bits per heavy atom. The Morgan fingerprint density at radius 3 is 2.85 bits per heavy atom. The molecule has 4 rings (SSSR count). The van der Waals surface area contributed by atoms with Crippen molar-refractivity contribution in [1.82, 2.24) is 4.98 Å². The average molecular weight is 378 g/mol. The van der Waals surface area contributed by atoms with Crippen LogP contribution in [0.2, 0.25) is 0 Å². The molecular formula is C19H14N4O3S. The van der Waals surface area contributed by atoms with Crippen LogP contribution in [0.15, 0.2) is 64.1 Å². The van der Waals surface area contributed by atoms with E-state index in [1.165, 1.54) is 23.5 Å². The summed E-state index contributed by atoms with van der Waals surface area (Å²) in [6.07, 6.45) is 1.57. The summed E-state index contributed by atoms with van der Waals surface area (Å²) in [6, 6.07) is 16.2. The molecule has 0 aliphatic carbocycles. The third kappa shape index (κ3) is 3.56. The predicted molar refractivity (Wildman–Crippen MR) is 106 cm³/mol. The van der Waals surface area contributed by atoms with Crippen molar-refractivity contribution in [3.05, 3.63) is 76.0 Å². The molecule has 4 aromatic rings. The number of aromatic nitrogens is 1. The second-order valence-corrected chi connectivity index (χ2v) is 6.85. The molecule has 0 unspecified atom stereocenters. The van der Waals surface area contributed by atoms with Crippen LogP contribution in [0.4, 0.5) is 10.8 Å². The smallest absolute Gasteiger partial charge is 0.269 e. The van der Waals surface area contributed by atoms with Gasteiger partial charge in [0.2, 0.25) is 5.13 Å². The summed E-state index contributed by atoms with van der Waals surface area (Å²) >= 11 is 1.52. The monoisotopic (exact) mass is 378 g/mol. The summed E-state index contributed by atoms with van der Waals surface area (Å²) in [5.74, 6) is 1.19. The molecule has 0 saturated heterocycles. The van der Waals surface area contributed by atoms with Crippen LogP contribution in [-0.4, -0.2) is 16.1 Å². The lowest BCUT2D eigenvalue weighted by atomic mass is 10.1. The van der Waals surface area contributed by atoms with Gasteiger partial charge in [0.05, 0.1) is 21.4 Å². The highest BCUT2D eigenvalue weighted by Gasteiger charge is 2.12. The third-order valence-electron chi connectivity index (χ3n) is 3.96. The van der Waals surface area contributed by atoms with E-state index in [1.54, 1.807) is 18.3 Å². The number of nitro groups is 1. The van der Waals surface area contributed by atoms with E-state index in [9.17, 15) is 10.1 Å². The average Bonchev–Trinajstić information content (AvgIpc) is 3.28. The summed E-state index contributed by atoms with van der Waals surface area (Å²) < 4.78 is 6.86. The zero-order chi connectivity index (χ0) is 18.8. The van der Waals surface area contributed by atoms with Crippen LogP contribution in [-0.2, 0) is 0 Å². The van der Waals surface area contributed by atoms with Crippen molar-refractivity contribution in [3.8, 4) is 11.3 Å². The molecule has 2 aromatic heterocycles. The number of nitro benzene ring substituents is 1. The highest BCUT2D eigenvalue weighted by atomic mass is 32.1. The number of nitrogens with one attached hydrogen (secondary N) is 1. The van der Waals surface area contributed by atoms with Gasteiger partial charge in [-0.3, -0.25) is 15.5 Å². The maximum absolute atomic E-state index is 10.9. The number of hydrogen-bond acceptors (Lipinski definition) is 7. The van der Waals surface area contributed by atoms with E-state index < -0.39 is 4.92 Å². The van der Waals surface area contributed by atoms with Crippen molar-refractivity contribution in [2.45, 2.75) is 6.92 Å². The number of rotatable bonds is 5. The lowest BCUT2D eigenvalue weighted by molar-refractivity contribution is -0.384. The number of fused-ring (bicyclic) bond motifs is 1. The van der Waals surface area contributed by atoms with Gasteiger partial charge >= 0.3 is 0 Å². The molecule has 0 bridgehead atoms. The Labute approximate surface area is 158 Å². The van der Waals surface area contributed by atoms with Gasteiger partial charge < -0.3 is 4.42 Å². The van der Waals surface area contributed by atoms with Crippen molar-refractivity contribution in [1.29, 1.82) is 0 Å². The first kappa shape index (κ1) is 16.9. The number of aryl methyl sites for hydroxylation is 1. The SMILES string of the molecule is Cc1cc([N+](=O)[O-])ccc1-c1ccc(/C=N\Nc2nc3ccccc3s2)o1. The van der Waals surface area contributed by atoms with Gasteiger partial charge in [0.15, 0.2) is 0 Å². The van der Waals surface area contributed by atoms with Gasteiger partial charge in [-0.15, -0.1) is 0 Å². The molecule has 0 amide bonds. The Balaban J connectivity index is 1.49. The maximum atomic E-state index is 10.9. The van der Waals surface area contributed by atoms with Crippen LogP contribution >= 0.6 is 11.3 Å². The number of anilines is 1. The largest absolute Gasteiger partial charge is 0.455 e. The van der Waals surface area contributed by atoms with E-state index in [4.69, 9.17) is 4.42 Å². The molecule has 0 saturated carbocycles. The fourth-order valence-electron chi connectivity index (χ4n) is 2.68. The highest BCUT2D eigenvalue weighted by molar-refractivity contribution is 7.22. The number of thiazole rings is 1. The first-order chi connectivity index (χ1) is 13.1. The lowest BCUT2D eigenvalue weighted by Gasteiger charge is -2.02. The molecule has 1 N–H and O–H groups in total. The molecule has 2 heterocycles. The normalized spacial score (nSPS) is 11.3. The Hall–Kier alpha value is -3.52. The number of nitrogens with zero attached hydrogens (tertiary/aromatic N) is 3. The fraction of sp³-hybridized carbons (Fsp3) is 0.0526. The standard InChI is InChI=1S/C19H14N4O3S/c1-12-10-13(23(24)25)6-8-15(12)17-9-7-14(26-17)11-20-22-19-21-16-4-2-3-5-18(16)27-19/h2-11H,1H3,(H,21,22)/b20-11-. The quantitative estimate of drug-likeness (QED) is 0.292. The van der Waals surface area contributed by atoms with Crippen LogP contribution in [0.3, 0.4) is 0 Å². The van der Waals surface area contributed by atoms with Crippen molar-refractivity contribution in [2.75, 3.05) is 5.43 Å². The summed E-state index contributed by atoms with van der Waals surface area (Å²) in [5, 5.41) is 15.7. The number of non-ortho nitro benzene ring substituents is 1. The maximum Gasteiger partial charge on any atom is 0.269 e. The van der Waals surface area contributed by atoms with Gasteiger partial charge in [0.25, 0.3) is 5.69 Å². The number of benzene rings is 2. The minimum atomic E-state index is -0.412. The Kier molecular flexibility index (Phi) is 4.39. The molecule has 2 aromatic carbocycles. The van der Waals surface area contributed by atoms with Gasteiger partial charge in [-0.2, -0.15) is 5.10 Å². The molecular weight excluding hydrogens is 364 g/mol. The van der Waals surface area contributed by atoms with Crippen LogP contribution in [0.5, 0.6) is 0 Å². The van der Waals surface area contributed by atoms with Gasteiger partial charge in [-0.05, 0) is 42.8 Å². The summed E-state index contributed by atoms with van der Waals surface area (Å²) in [4.78, 5) is 14.9. The Morgan fingerprint density at radius 1 is 1.22 bits per heavy atom. The second kappa shape index (κ2) is 7.00. The van der Waals surface area contributed by atoms with Crippen molar-refractivity contribution < 1.29 is 9.34 Å². The van der Waals surface area contributed by atoms with E-state index in [2.05, 4.69) is 15.5 Å². The number of para-hydroxylation sites is 1. The van der Waals surface area contributed by atoms with Crippen LogP contribution < -0.4 is 5.43 Å². The van der Waals surface area contributed by atoms with Gasteiger partial charge in [-0.25, -0.2) is 4.98 Å². The zero-order valence-electron chi connectivity index (χ0n) is 14.2. The van der Waals surface area contributed by atoms with E-state index in [0.29, 0.717) is 16.7 Å². The van der Waals surface area contributed by atoms with Crippen molar-refractivity contribution in [3.63, 3.8) is 0 Å². The first-order valence-corrected chi connectivity index (χ1v) is 8.92. The lowest BCUT2D eigenvalue weighted by Crippen LogP contribution is -1.90. The molecule has 0 atom stereocenters. The topological polar surface area (TPSA) is 93.6 Å². The van der Waals surface area contributed by atoms with Crippen LogP contribution in [0.25, 0.3) is 21.5 Å². The molecule has 0 aliphatic heterocycles. The second-order valence-electron chi connectivity index (χ2n) is 5.82. The third-order valence-corrected chi connectivity index (χ3v) is 4.90. The van der Waals surface area contributed by atoms with Gasteiger partial charge in [0, 0.05) is 17.7 Å². The minimum Gasteiger partial charge on any atom is -0.455 e. The van der Waals surface area contributed by atoms with E-state index >= 15 is 0 Å². The van der Waals surface area contributed by atoms with E-state index in [1.807, 2.05) is 37.3 Å². The van der Waals surface area contributed by atoms with Crippen LogP contribution in [0.1, 0.15) is 11.3 Å². The number of hydrogen-bond donors (Lipinski definition) is 1. The van der Waals surface area contributed by atoms with Gasteiger partial charge in [-0.1, -0.05) is 23.5 Å². The summed E-state index contributed by atoms with van der Waals surface area (Å²) in [5.41, 5.74) is 5.47. The summed E-state index contributed by atoms with van der Waals surface area (Å²) in [6.45, 7) is 1.81. The molecule has 0 spiro atoms. The molecule has 7 nitrogen and oxygen atoms in total. The van der Waals surface area contributed by atoms with Gasteiger partial charge in [0.1, 0.15) is 11.5 Å². The molecule has 0 aliphatic rings. The summed E-state index contributed by atoms with van der Waals surface area (Å²) in [7, 11) is 0. The van der Waals surface area contributed by atoms with Crippen LogP contribution in [0, 0.1) is 17.0 Å².